The fraction of sp³-hybridized carbons (Fsp3) is 0.765. The summed E-state index contributed by atoms with van der Waals surface area (Å²) in [5.74, 6) is 0.636. The van der Waals surface area contributed by atoms with E-state index in [1.807, 2.05) is 11.3 Å². The maximum atomic E-state index is 3.63. The van der Waals surface area contributed by atoms with Crippen LogP contribution in [0.5, 0.6) is 0 Å². The Hall–Kier alpha value is -0.380. The van der Waals surface area contributed by atoms with Crippen LogP contribution in [0, 0.1) is 5.92 Å². The molecular formula is C17H32N2S. The number of thiophene rings is 1. The fourth-order valence-electron chi connectivity index (χ4n) is 2.34. The standard InChI is InChI=1S/C17H32N2S/c1-13(2)19(12-16-9-8-10-20-16)15(4)14(3)11-18-17(5,6)7/h8-10,13-15,18H,11-12H2,1-7H3. The molecule has 0 aliphatic rings. The van der Waals surface area contributed by atoms with Gasteiger partial charge in [0.05, 0.1) is 0 Å². The van der Waals surface area contributed by atoms with E-state index in [2.05, 4.69) is 76.2 Å². The smallest absolute Gasteiger partial charge is 0.0333 e. The zero-order chi connectivity index (χ0) is 15.3. The molecule has 2 nitrogen and oxygen atoms in total. The molecule has 0 saturated heterocycles. The molecule has 1 aromatic heterocycles. The number of nitrogens with zero attached hydrogens (tertiary/aromatic N) is 1. The van der Waals surface area contributed by atoms with Gasteiger partial charge in [-0.3, -0.25) is 4.90 Å². The van der Waals surface area contributed by atoms with Crippen molar-refractivity contribution in [2.75, 3.05) is 6.54 Å². The molecule has 0 aliphatic carbocycles. The molecule has 2 unspecified atom stereocenters. The first-order valence-electron chi connectivity index (χ1n) is 7.74. The van der Waals surface area contributed by atoms with Crippen LogP contribution in [0.1, 0.15) is 53.3 Å². The third-order valence-electron chi connectivity index (χ3n) is 3.88. The lowest BCUT2D eigenvalue weighted by atomic mass is 9.98. The molecule has 1 heterocycles. The summed E-state index contributed by atoms with van der Waals surface area (Å²) in [6.07, 6.45) is 0. The quantitative estimate of drug-likeness (QED) is 0.803. The van der Waals surface area contributed by atoms with E-state index in [1.165, 1.54) is 4.88 Å². The Morgan fingerprint density at radius 3 is 2.30 bits per heavy atom. The minimum Gasteiger partial charge on any atom is -0.312 e. The van der Waals surface area contributed by atoms with Crippen molar-refractivity contribution in [3.05, 3.63) is 22.4 Å². The highest BCUT2D eigenvalue weighted by Gasteiger charge is 2.24. The van der Waals surface area contributed by atoms with Crippen LogP contribution in [0.25, 0.3) is 0 Å². The van der Waals surface area contributed by atoms with Crippen LogP contribution < -0.4 is 5.32 Å². The van der Waals surface area contributed by atoms with Gasteiger partial charge in [-0.05, 0) is 65.5 Å². The van der Waals surface area contributed by atoms with Gasteiger partial charge in [-0.15, -0.1) is 11.3 Å². The molecule has 1 N–H and O–H groups in total. The Balaban J connectivity index is 2.61. The molecule has 0 aliphatic heterocycles. The van der Waals surface area contributed by atoms with Crippen molar-refractivity contribution in [2.24, 2.45) is 5.92 Å². The van der Waals surface area contributed by atoms with Crippen molar-refractivity contribution in [2.45, 2.75) is 72.6 Å². The Morgan fingerprint density at radius 1 is 1.20 bits per heavy atom. The molecule has 0 spiro atoms. The molecule has 3 heteroatoms. The summed E-state index contributed by atoms with van der Waals surface area (Å²) in [5.41, 5.74) is 0.199. The molecule has 0 aromatic carbocycles. The van der Waals surface area contributed by atoms with Gasteiger partial charge in [0.15, 0.2) is 0 Å². The van der Waals surface area contributed by atoms with Crippen LogP contribution in [-0.4, -0.2) is 29.1 Å². The van der Waals surface area contributed by atoms with Gasteiger partial charge in [-0.25, -0.2) is 0 Å². The zero-order valence-corrected chi connectivity index (χ0v) is 15.1. The molecule has 116 valence electrons. The van der Waals surface area contributed by atoms with Crippen LogP contribution in [0.2, 0.25) is 0 Å². The van der Waals surface area contributed by atoms with Crippen molar-refractivity contribution in [1.82, 2.24) is 10.2 Å². The lowest BCUT2D eigenvalue weighted by Gasteiger charge is -2.37. The average molecular weight is 297 g/mol. The van der Waals surface area contributed by atoms with Crippen LogP contribution in [-0.2, 0) is 6.54 Å². The second-order valence-corrected chi connectivity index (χ2v) is 8.23. The van der Waals surface area contributed by atoms with Crippen LogP contribution in [0.15, 0.2) is 17.5 Å². The second kappa shape index (κ2) is 7.58. The van der Waals surface area contributed by atoms with E-state index >= 15 is 0 Å². The van der Waals surface area contributed by atoms with Gasteiger partial charge >= 0.3 is 0 Å². The highest BCUT2D eigenvalue weighted by Crippen LogP contribution is 2.20. The summed E-state index contributed by atoms with van der Waals surface area (Å²) in [7, 11) is 0. The topological polar surface area (TPSA) is 15.3 Å². The fourth-order valence-corrected chi connectivity index (χ4v) is 3.06. The molecule has 0 bridgehead atoms. The summed E-state index contributed by atoms with van der Waals surface area (Å²) in [4.78, 5) is 4.07. The summed E-state index contributed by atoms with van der Waals surface area (Å²) in [6, 6.07) is 5.54. The highest BCUT2D eigenvalue weighted by molar-refractivity contribution is 7.09. The van der Waals surface area contributed by atoms with Crippen molar-refractivity contribution in [3.63, 3.8) is 0 Å². The number of hydrogen-bond acceptors (Lipinski definition) is 3. The minimum absolute atomic E-state index is 0.199. The van der Waals surface area contributed by atoms with E-state index in [0.717, 1.165) is 13.1 Å². The number of rotatable bonds is 7. The number of hydrogen-bond donors (Lipinski definition) is 1. The molecule has 0 saturated carbocycles. The summed E-state index contributed by atoms with van der Waals surface area (Å²) >= 11 is 1.86. The monoisotopic (exact) mass is 296 g/mol. The Labute approximate surface area is 129 Å². The van der Waals surface area contributed by atoms with E-state index in [4.69, 9.17) is 0 Å². The maximum absolute atomic E-state index is 3.63. The SMILES string of the molecule is CC(CNC(C)(C)C)C(C)N(Cc1cccs1)C(C)C. The van der Waals surface area contributed by atoms with Crippen molar-refractivity contribution in [1.29, 1.82) is 0 Å². The van der Waals surface area contributed by atoms with Gasteiger partial charge in [-0.2, -0.15) is 0 Å². The Morgan fingerprint density at radius 2 is 1.85 bits per heavy atom. The summed E-state index contributed by atoms with van der Waals surface area (Å²) in [6.45, 7) is 18.1. The summed E-state index contributed by atoms with van der Waals surface area (Å²) < 4.78 is 0. The molecule has 20 heavy (non-hydrogen) atoms. The first kappa shape index (κ1) is 17.7. The molecule has 0 radical (unpaired) electrons. The first-order valence-corrected chi connectivity index (χ1v) is 8.62. The van der Waals surface area contributed by atoms with Crippen LogP contribution in [0.4, 0.5) is 0 Å². The maximum Gasteiger partial charge on any atom is 0.0333 e. The van der Waals surface area contributed by atoms with Crippen molar-refractivity contribution < 1.29 is 0 Å². The van der Waals surface area contributed by atoms with Crippen molar-refractivity contribution >= 4 is 11.3 Å². The Kier molecular flexibility index (Phi) is 6.70. The molecule has 1 aromatic rings. The number of nitrogens with one attached hydrogen (secondary N) is 1. The lowest BCUT2D eigenvalue weighted by molar-refractivity contribution is 0.113. The predicted octanol–water partition coefficient (Wildman–Crippen LogP) is 4.37. The molecule has 0 fully saturated rings. The van der Waals surface area contributed by atoms with Gasteiger partial charge in [0.25, 0.3) is 0 Å². The van der Waals surface area contributed by atoms with E-state index < -0.39 is 0 Å². The molecule has 0 amide bonds. The van der Waals surface area contributed by atoms with Crippen LogP contribution in [0.3, 0.4) is 0 Å². The van der Waals surface area contributed by atoms with Gasteiger partial charge in [-0.1, -0.05) is 13.0 Å². The van der Waals surface area contributed by atoms with Gasteiger partial charge < -0.3 is 5.32 Å². The van der Waals surface area contributed by atoms with E-state index in [-0.39, 0.29) is 5.54 Å². The van der Waals surface area contributed by atoms with E-state index in [9.17, 15) is 0 Å². The highest BCUT2D eigenvalue weighted by atomic mass is 32.1. The van der Waals surface area contributed by atoms with Gasteiger partial charge in [0.2, 0.25) is 0 Å². The predicted molar refractivity (Wildman–Crippen MR) is 91.4 cm³/mol. The zero-order valence-electron chi connectivity index (χ0n) is 14.2. The van der Waals surface area contributed by atoms with E-state index in [0.29, 0.717) is 18.0 Å². The largest absolute Gasteiger partial charge is 0.312 e. The first-order chi connectivity index (χ1) is 9.20. The third-order valence-corrected chi connectivity index (χ3v) is 4.74. The molecule has 1 rings (SSSR count). The lowest BCUT2D eigenvalue weighted by Crippen LogP contribution is -2.47. The third kappa shape index (κ3) is 5.94. The van der Waals surface area contributed by atoms with Gasteiger partial charge in [0, 0.05) is 29.0 Å². The van der Waals surface area contributed by atoms with Crippen LogP contribution >= 0.6 is 11.3 Å². The van der Waals surface area contributed by atoms with Gasteiger partial charge in [0.1, 0.15) is 0 Å². The normalized spacial score (nSPS) is 15.8. The Bertz CT molecular complexity index is 365. The molecule has 2 atom stereocenters. The minimum atomic E-state index is 0.199. The summed E-state index contributed by atoms with van der Waals surface area (Å²) in [5, 5.41) is 5.80. The van der Waals surface area contributed by atoms with Crippen molar-refractivity contribution in [3.8, 4) is 0 Å². The average Bonchev–Trinajstić information content (AvgIpc) is 2.83. The second-order valence-electron chi connectivity index (χ2n) is 7.19. The van der Waals surface area contributed by atoms with E-state index in [1.54, 1.807) is 0 Å². The molecular weight excluding hydrogens is 264 g/mol.